The molecule has 0 bridgehead atoms. The molecule has 2 nitrogen and oxygen atoms in total. The van der Waals surface area contributed by atoms with Crippen LogP contribution in [0.3, 0.4) is 0 Å². The second-order valence-electron chi connectivity index (χ2n) is 2.50. The van der Waals surface area contributed by atoms with Crippen LogP contribution in [-0.4, -0.2) is 6.54 Å². The van der Waals surface area contributed by atoms with E-state index in [4.69, 9.17) is 0 Å². The minimum atomic E-state index is 0.962. The van der Waals surface area contributed by atoms with Crippen molar-refractivity contribution in [1.29, 1.82) is 0 Å². The topological polar surface area (TPSA) is 15.3 Å². The lowest BCUT2D eigenvalue weighted by Gasteiger charge is -2.11. The Balaban J connectivity index is 2.39. The van der Waals surface area contributed by atoms with E-state index in [2.05, 4.69) is 35.9 Å². The van der Waals surface area contributed by atoms with Gasteiger partial charge in [0.15, 0.2) is 0 Å². The molecule has 0 saturated carbocycles. The van der Waals surface area contributed by atoms with Crippen LogP contribution in [0.25, 0.3) is 0 Å². The number of hydrogen-bond acceptors (Lipinski definition) is 2. The van der Waals surface area contributed by atoms with Gasteiger partial charge in [-0.3, -0.25) is 0 Å². The lowest BCUT2D eigenvalue weighted by molar-refractivity contribution is 0.987. The van der Waals surface area contributed by atoms with Crippen LogP contribution >= 0.6 is 0 Å². The molecule has 11 heavy (non-hydrogen) atoms. The maximum atomic E-state index is 3.08. The molecule has 0 fully saturated rings. The molecule has 1 aliphatic heterocycles. The number of nitrogens with one attached hydrogen (secondary N) is 1. The Morgan fingerprint density at radius 3 is 3.09 bits per heavy atom. The number of rotatable bonds is 1. The van der Waals surface area contributed by atoms with Crippen LogP contribution in [0.5, 0.6) is 0 Å². The maximum absolute atomic E-state index is 3.08. The Bertz CT molecular complexity index is 257. The van der Waals surface area contributed by atoms with Gasteiger partial charge >= 0.3 is 0 Å². The molecule has 0 aromatic heterocycles. The fourth-order valence-electron chi connectivity index (χ4n) is 1.25. The van der Waals surface area contributed by atoms with Crippen molar-refractivity contribution in [3.05, 3.63) is 30.9 Å². The Labute approximate surface area is 66.8 Å². The Morgan fingerprint density at radius 2 is 2.27 bits per heavy atom. The highest BCUT2D eigenvalue weighted by atomic mass is 15.3. The lowest BCUT2D eigenvalue weighted by atomic mass is 10.3. The molecule has 0 spiro atoms. The van der Waals surface area contributed by atoms with Gasteiger partial charge in [-0.2, -0.15) is 0 Å². The van der Waals surface area contributed by atoms with Crippen molar-refractivity contribution in [2.75, 3.05) is 16.8 Å². The molecule has 0 unspecified atom stereocenters. The van der Waals surface area contributed by atoms with E-state index < -0.39 is 0 Å². The fourth-order valence-corrected chi connectivity index (χ4v) is 1.25. The highest BCUT2D eigenvalue weighted by molar-refractivity contribution is 5.76. The Kier molecular flexibility index (Phi) is 1.46. The quantitative estimate of drug-likeness (QED) is 0.651. The van der Waals surface area contributed by atoms with Gasteiger partial charge in [-0.15, -0.1) is 0 Å². The van der Waals surface area contributed by atoms with Crippen LogP contribution in [0, 0.1) is 6.67 Å². The zero-order valence-corrected chi connectivity index (χ0v) is 6.46. The van der Waals surface area contributed by atoms with Gasteiger partial charge in [-0.25, -0.2) is 0 Å². The van der Waals surface area contributed by atoms with Gasteiger partial charge in [0.05, 0.1) is 11.4 Å². The molecule has 0 saturated heterocycles. The molecule has 0 amide bonds. The molecule has 56 valence electrons. The van der Waals surface area contributed by atoms with E-state index in [9.17, 15) is 0 Å². The normalized spacial score (nSPS) is 14.5. The van der Waals surface area contributed by atoms with E-state index >= 15 is 0 Å². The molecule has 1 heterocycles. The van der Waals surface area contributed by atoms with Gasteiger partial charge in [0, 0.05) is 6.54 Å². The van der Waals surface area contributed by atoms with Crippen molar-refractivity contribution >= 4 is 11.4 Å². The SMILES string of the molecule is CCN1[C]Nc2ccccc21. The highest BCUT2D eigenvalue weighted by Gasteiger charge is 2.16. The summed E-state index contributed by atoms with van der Waals surface area (Å²) in [6.45, 7) is 6.13. The zero-order chi connectivity index (χ0) is 7.68. The van der Waals surface area contributed by atoms with Crippen molar-refractivity contribution < 1.29 is 0 Å². The Hall–Kier alpha value is -1.18. The molecular weight excluding hydrogens is 136 g/mol. The van der Waals surface area contributed by atoms with Crippen LogP contribution in [-0.2, 0) is 0 Å². The summed E-state index contributed by atoms with van der Waals surface area (Å²) >= 11 is 0. The average molecular weight is 146 g/mol. The van der Waals surface area contributed by atoms with Crippen molar-refractivity contribution in [2.45, 2.75) is 6.92 Å². The summed E-state index contributed by atoms with van der Waals surface area (Å²) in [4.78, 5) is 2.06. The smallest absolute Gasteiger partial charge is 0.205 e. The van der Waals surface area contributed by atoms with Gasteiger partial charge < -0.3 is 10.2 Å². The minimum absolute atomic E-state index is 0.962. The number of hydrogen-bond donors (Lipinski definition) is 1. The van der Waals surface area contributed by atoms with Gasteiger partial charge in [0.1, 0.15) is 0 Å². The van der Waals surface area contributed by atoms with E-state index in [1.807, 2.05) is 12.1 Å². The zero-order valence-electron chi connectivity index (χ0n) is 6.46. The van der Waals surface area contributed by atoms with Crippen molar-refractivity contribution in [3.8, 4) is 0 Å². The second-order valence-corrected chi connectivity index (χ2v) is 2.50. The third-order valence-corrected chi connectivity index (χ3v) is 1.84. The first-order valence-electron chi connectivity index (χ1n) is 3.80. The molecule has 1 N–H and O–H groups in total. The van der Waals surface area contributed by atoms with Crippen LogP contribution in [0.4, 0.5) is 11.4 Å². The third kappa shape index (κ3) is 0.946. The lowest BCUT2D eigenvalue weighted by Crippen LogP contribution is -2.16. The number of nitrogens with zero attached hydrogens (tertiary/aromatic N) is 1. The molecule has 1 aromatic rings. The minimum Gasteiger partial charge on any atom is -0.354 e. The highest BCUT2D eigenvalue weighted by Crippen LogP contribution is 2.31. The first-order chi connectivity index (χ1) is 5.42. The first kappa shape index (κ1) is 6.53. The summed E-state index contributed by atoms with van der Waals surface area (Å²) in [5.74, 6) is 0. The predicted molar refractivity (Wildman–Crippen MR) is 46.3 cm³/mol. The molecular formula is C9H10N2. The van der Waals surface area contributed by atoms with Crippen molar-refractivity contribution in [1.82, 2.24) is 0 Å². The standard InChI is InChI=1S/C9H10N2/c1-2-11-7-10-8-5-3-4-6-9(8)11/h3-6,10H,2H2,1H3. The van der Waals surface area contributed by atoms with Crippen LogP contribution in [0.15, 0.2) is 24.3 Å². The van der Waals surface area contributed by atoms with Gasteiger partial charge in [0.2, 0.25) is 6.67 Å². The summed E-state index contributed by atoms with van der Waals surface area (Å²) in [5, 5.41) is 3.08. The van der Waals surface area contributed by atoms with Gasteiger partial charge in [-0.1, -0.05) is 12.1 Å². The molecule has 1 aromatic carbocycles. The van der Waals surface area contributed by atoms with E-state index in [0.29, 0.717) is 0 Å². The van der Waals surface area contributed by atoms with E-state index in [1.54, 1.807) is 0 Å². The summed E-state index contributed by atoms with van der Waals surface area (Å²) in [5.41, 5.74) is 2.37. The number of benzene rings is 1. The third-order valence-electron chi connectivity index (χ3n) is 1.84. The number of para-hydroxylation sites is 2. The van der Waals surface area contributed by atoms with Gasteiger partial charge in [0.25, 0.3) is 0 Å². The predicted octanol–water partition coefficient (Wildman–Crippen LogP) is 1.93. The van der Waals surface area contributed by atoms with Crippen molar-refractivity contribution in [2.24, 2.45) is 0 Å². The molecule has 2 radical (unpaired) electrons. The van der Waals surface area contributed by atoms with Crippen LogP contribution in [0.2, 0.25) is 0 Å². The molecule has 0 aliphatic carbocycles. The van der Waals surface area contributed by atoms with Crippen LogP contribution in [0.1, 0.15) is 6.92 Å². The molecule has 1 aliphatic rings. The maximum Gasteiger partial charge on any atom is 0.205 e. The fraction of sp³-hybridized carbons (Fsp3) is 0.222. The van der Waals surface area contributed by atoms with Crippen LogP contribution < -0.4 is 10.2 Å². The second kappa shape index (κ2) is 2.46. The van der Waals surface area contributed by atoms with E-state index in [-0.39, 0.29) is 0 Å². The largest absolute Gasteiger partial charge is 0.354 e. The van der Waals surface area contributed by atoms with E-state index in [1.165, 1.54) is 5.69 Å². The van der Waals surface area contributed by atoms with Gasteiger partial charge in [-0.05, 0) is 19.1 Å². The molecule has 2 rings (SSSR count). The number of fused-ring (bicyclic) bond motifs is 1. The Morgan fingerprint density at radius 1 is 1.45 bits per heavy atom. The summed E-state index contributed by atoms with van der Waals surface area (Å²) in [6.07, 6.45) is 0. The van der Waals surface area contributed by atoms with Crippen molar-refractivity contribution in [3.63, 3.8) is 0 Å². The monoisotopic (exact) mass is 146 g/mol. The average Bonchev–Trinajstić information content (AvgIpc) is 2.47. The summed E-state index contributed by atoms with van der Waals surface area (Å²) in [7, 11) is 0. The molecule has 2 heteroatoms. The summed E-state index contributed by atoms with van der Waals surface area (Å²) in [6, 6.07) is 8.20. The number of anilines is 2. The molecule has 0 atom stereocenters. The summed E-state index contributed by atoms with van der Waals surface area (Å²) < 4.78 is 0. The van der Waals surface area contributed by atoms with E-state index in [0.717, 1.165) is 12.2 Å². The first-order valence-corrected chi connectivity index (χ1v) is 3.80.